The first-order valence-electron chi connectivity index (χ1n) is 12.6. The van der Waals surface area contributed by atoms with E-state index in [2.05, 4.69) is 5.32 Å². The van der Waals surface area contributed by atoms with Crippen molar-refractivity contribution in [3.8, 4) is 0 Å². The molecular formula is C29H19F4N3O4S2. The molecule has 1 N–H and O–H groups in total. The molecule has 6 rings (SSSR count). The van der Waals surface area contributed by atoms with E-state index in [1.807, 2.05) is 0 Å². The van der Waals surface area contributed by atoms with Crippen LogP contribution in [0.15, 0.2) is 88.7 Å². The Morgan fingerprint density at radius 1 is 0.905 bits per heavy atom. The molecular weight excluding hydrogens is 594 g/mol. The molecule has 4 aromatic rings. The van der Waals surface area contributed by atoms with E-state index in [-0.39, 0.29) is 5.69 Å². The molecule has 42 heavy (non-hydrogen) atoms. The van der Waals surface area contributed by atoms with Gasteiger partial charge >= 0.3 is 11.0 Å². The van der Waals surface area contributed by atoms with E-state index in [1.165, 1.54) is 34.9 Å². The molecule has 3 amide bonds. The second-order valence-electron chi connectivity index (χ2n) is 9.69. The zero-order valence-electron chi connectivity index (χ0n) is 21.3. The van der Waals surface area contributed by atoms with E-state index in [0.717, 1.165) is 46.2 Å². The highest BCUT2D eigenvalue weighted by Gasteiger charge is 2.57. The average Bonchev–Trinajstić information content (AvgIpc) is 3.40. The number of hydrogen-bond acceptors (Lipinski definition) is 6. The Morgan fingerprint density at radius 3 is 2.31 bits per heavy atom. The minimum absolute atomic E-state index is 0.193. The van der Waals surface area contributed by atoms with Gasteiger partial charge in [0.1, 0.15) is 17.6 Å². The summed E-state index contributed by atoms with van der Waals surface area (Å²) in [6.07, 6.45) is -4.68. The summed E-state index contributed by atoms with van der Waals surface area (Å²) in [5, 5.41) is 1.89. The fourth-order valence-corrected chi connectivity index (χ4v) is 8.00. The van der Waals surface area contributed by atoms with Gasteiger partial charge in [0.05, 0.1) is 22.2 Å². The number of nitrogens with one attached hydrogen (secondary N) is 1. The van der Waals surface area contributed by atoms with Gasteiger partial charge in [-0.2, -0.15) is 13.2 Å². The maximum absolute atomic E-state index is 13.8. The normalized spacial score (nSPS) is 19.9. The second kappa shape index (κ2) is 10.6. The number of nitrogens with zero attached hydrogens (tertiary/aromatic N) is 2. The minimum Gasteiger partial charge on any atom is -0.325 e. The first-order valence-corrected chi connectivity index (χ1v) is 14.3. The number of alkyl halides is 3. The zero-order valence-corrected chi connectivity index (χ0v) is 22.9. The fraction of sp³-hybridized carbons (Fsp3) is 0.172. The van der Waals surface area contributed by atoms with Crippen LogP contribution in [0.1, 0.15) is 21.9 Å². The lowest BCUT2D eigenvalue weighted by Crippen LogP contribution is -2.33. The Hall–Kier alpha value is -4.23. The van der Waals surface area contributed by atoms with Crippen LogP contribution in [-0.4, -0.2) is 27.5 Å². The van der Waals surface area contributed by atoms with Crippen molar-refractivity contribution in [2.24, 2.45) is 5.92 Å². The third-order valence-corrected chi connectivity index (χ3v) is 9.67. The third-order valence-electron chi connectivity index (χ3n) is 7.07. The van der Waals surface area contributed by atoms with Gasteiger partial charge in [0.15, 0.2) is 0 Å². The number of carbonyl (C=O) groups is 3. The van der Waals surface area contributed by atoms with Crippen molar-refractivity contribution in [3.05, 3.63) is 110 Å². The molecule has 13 heteroatoms. The van der Waals surface area contributed by atoms with Crippen molar-refractivity contribution in [2.45, 2.75) is 28.9 Å². The van der Waals surface area contributed by atoms with Crippen LogP contribution < -0.4 is 15.1 Å². The van der Waals surface area contributed by atoms with Crippen LogP contribution in [0.25, 0.3) is 0 Å². The predicted octanol–water partition coefficient (Wildman–Crippen LogP) is 5.50. The lowest BCUT2D eigenvalue weighted by Gasteiger charge is -2.30. The van der Waals surface area contributed by atoms with Crippen molar-refractivity contribution in [2.75, 3.05) is 10.2 Å². The summed E-state index contributed by atoms with van der Waals surface area (Å²) in [5.41, 5.74) is -0.226. The molecule has 0 radical (unpaired) electrons. The van der Waals surface area contributed by atoms with Gasteiger partial charge in [-0.05, 0) is 48.0 Å². The lowest BCUT2D eigenvalue weighted by atomic mass is 9.83. The Morgan fingerprint density at radius 2 is 1.62 bits per heavy atom. The topological polar surface area (TPSA) is 88.5 Å². The minimum atomic E-state index is -4.68. The van der Waals surface area contributed by atoms with Crippen molar-refractivity contribution in [1.29, 1.82) is 0 Å². The van der Waals surface area contributed by atoms with Crippen molar-refractivity contribution >= 4 is 52.2 Å². The van der Waals surface area contributed by atoms with Crippen LogP contribution in [0, 0.1) is 11.7 Å². The molecule has 2 aliphatic rings. The van der Waals surface area contributed by atoms with Gasteiger partial charge in [0, 0.05) is 16.5 Å². The molecule has 214 valence electrons. The molecule has 7 nitrogen and oxygen atoms in total. The van der Waals surface area contributed by atoms with Crippen LogP contribution in [0.5, 0.6) is 0 Å². The van der Waals surface area contributed by atoms with E-state index in [0.29, 0.717) is 21.2 Å². The molecule has 3 atom stereocenters. The van der Waals surface area contributed by atoms with Crippen molar-refractivity contribution in [3.63, 3.8) is 0 Å². The lowest BCUT2D eigenvalue weighted by molar-refractivity contribution is -0.137. The van der Waals surface area contributed by atoms with Gasteiger partial charge in [-0.3, -0.25) is 23.7 Å². The van der Waals surface area contributed by atoms with Gasteiger partial charge in [0.25, 0.3) is 0 Å². The average molecular weight is 614 g/mol. The maximum atomic E-state index is 13.8. The van der Waals surface area contributed by atoms with Crippen LogP contribution in [0.4, 0.5) is 28.9 Å². The number of halogens is 4. The zero-order chi connectivity index (χ0) is 29.8. The molecule has 0 bridgehead atoms. The monoisotopic (exact) mass is 613 g/mol. The number of benzene rings is 3. The number of hydrogen-bond donors (Lipinski definition) is 1. The Balaban J connectivity index is 1.39. The number of rotatable bonds is 5. The van der Waals surface area contributed by atoms with Crippen LogP contribution in [0.2, 0.25) is 0 Å². The maximum Gasteiger partial charge on any atom is 0.416 e. The molecule has 2 aliphatic heterocycles. The first-order chi connectivity index (χ1) is 20.0. The van der Waals surface area contributed by atoms with Crippen molar-refractivity contribution in [1.82, 2.24) is 4.57 Å². The summed E-state index contributed by atoms with van der Waals surface area (Å²) in [6, 6.07) is 17.9. The summed E-state index contributed by atoms with van der Waals surface area (Å²) in [5.74, 6) is -4.17. The number of fused-ring (bicyclic) bond motifs is 2. The number of thiazole rings is 1. The molecule has 1 aromatic heterocycles. The molecule has 0 aliphatic carbocycles. The number of carbonyl (C=O) groups excluding carboxylic acids is 3. The summed E-state index contributed by atoms with van der Waals surface area (Å²) >= 11 is 1.80. The van der Waals surface area contributed by atoms with Gasteiger partial charge < -0.3 is 5.32 Å². The number of thioether (sulfide) groups is 1. The molecule has 3 aromatic carbocycles. The Labute approximate surface area is 243 Å². The predicted molar refractivity (Wildman–Crippen MR) is 149 cm³/mol. The standard InChI is InChI=1S/C29H19F4N3O4S2/c30-17-9-11-18(12-10-17)34-20(37)14-35-27-24(42-28(35)40)21(15-5-2-1-3-6-15)22-23(41-27)26(39)36(25(22)38)19-8-4-7-16(13-19)29(31,32)33/h1-13,21-23H,14H2,(H,34,37)/t21-,22?,23?/m0/s1. The number of imide groups is 1. The van der Waals surface area contributed by atoms with E-state index >= 15 is 0 Å². The van der Waals surface area contributed by atoms with E-state index in [4.69, 9.17) is 0 Å². The summed E-state index contributed by atoms with van der Waals surface area (Å²) in [6.45, 7) is -0.409. The van der Waals surface area contributed by atoms with Gasteiger partial charge in [-0.15, -0.1) is 0 Å². The molecule has 0 saturated carbocycles. The molecule has 0 spiro atoms. The van der Waals surface area contributed by atoms with E-state index < -0.39 is 63.8 Å². The summed E-state index contributed by atoms with van der Waals surface area (Å²) < 4.78 is 54.8. The highest BCUT2D eigenvalue weighted by Crippen LogP contribution is 2.54. The van der Waals surface area contributed by atoms with Crippen molar-refractivity contribution < 1.29 is 31.9 Å². The summed E-state index contributed by atoms with van der Waals surface area (Å²) in [7, 11) is 0. The SMILES string of the molecule is O=C(Cn1c2c(sc1=O)[C@@H](c1ccccc1)C1C(=O)N(c3cccc(C(F)(F)F)c3)C(=O)C1S2)Nc1ccc(F)cc1. The Kier molecular flexibility index (Phi) is 7.01. The summed E-state index contributed by atoms with van der Waals surface area (Å²) in [4.78, 5) is 54.4. The second-order valence-corrected chi connectivity index (χ2v) is 11.8. The first kappa shape index (κ1) is 27.9. The van der Waals surface area contributed by atoms with Gasteiger partial charge in [-0.1, -0.05) is 59.5 Å². The van der Waals surface area contributed by atoms with Crippen LogP contribution in [0.3, 0.4) is 0 Å². The van der Waals surface area contributed by atoms with E-state index in [1.54, 1.807) is 30.3 Å². The third kappa shape index (κ3) is 4.92. The largest absolute Gasteiger partial charge is 0.416 e. The van der Waals surface area contributed by atoms with Gasteiger partial charge in [-0.25, -0.2) is 9.29 Å². The van der Waals surface area contributed by atoms with Crippen LogP contribution >= 0.6 is 23.1 Å². The quantitative estimate of drug-likeness (QED) is 0.237. The van der Waals surface area contributed by atoms with E-state index in [9.17, 15) is 36.7 Å². The molecule has 3 heterocycles. The Bertz CT molecular complexity index is 1770. The molecule has 1 saturated heterocycles. The number of aromatic nitrogens is 1. The highest BCUT2D eigenvalue weighted by atomic mass is 32.2. The number of anilines is 2. The number of amides is 3. The van der Waals surface area contributed by atoms with Gasteiger partial charge in [0.2, 0.25) is 17.7 Å². The highest BCUT2D eigenvalue weighted by molar-refractivity contribution is 8.00. The van der Waals surface area contributed by atoms with Crippen LogP contribution in [-0.2, 0) is 27.1 Å². The smallest absolute Gasteiger partial charge is 0.325 e. The molecule has 1 fully saturated rings. The fourth-order valence-electron chi connectivity index (χ4n) is 5.23. The molecule has 2 unspecified atom stereocenters.